The minimum Gasteiger partial charge on any atom is -0.480 e. The van der Waals surface area contributed by atoms with Crippen molar-refractivity contribution in [2.45, 2.75) is 19.9 Å². The molecule has 27 heavy (non-hydrogen) atoms. The average Bonchev–Trinajstić information content (AvgIpc) is 2.98. The third kappa shape index (κ3) is 2.65. The Morgan fingerprint density at radius 2 is 1.89 bits per heavy atom. The van der Waals surface area contributed by atoms with Gasteiger partial charge < -0.3 is 5.11 Å². The van der Waals surface area contributed by atoms with Crippen LogP contribution in [-0.4, -0.2) is 35.5 Å². The molecule has 0 spiro atoms. The van der Waals surface area contributed by atoms with Crippen molar-refractivity contribution >= 4 is 34.3 Å². The molecule has 136 valence electrons. The molecule has 8 nitrogen and oxygen atoms in total. The van der Waals surface area contributed by atoms with E-state index in [0.29, 0.717) is 16.2 Å². The van der Waals surface area contributed by atoms with Crippen LogP contribution in [0.25, 0.3) is 27.8 Å². The highest BCUT2D eigenvalue weighted by atomic mass is 35.5. The summed E-state index contributed by atoms with van der Waals surface area (Å²) in [7, 11) is 0. The topological polar surface area (TPSA) is 102 Å². The first-order valence-electron chi connectivity index (χ1n) is 8.14. The van der Waals surface area contributed by atoms with Gasteiger partial charge in [0.2, 0.25) is 0 Å². The first-order valence-corrected chi connectivity index (χ1v) is 8.52. The fourth-order valence-corrected chi connectivity index (χ4v) is 3.17. The van der Waals surface area contributed by atoms with Gasteiger partial charge in [0.05, 0.1) is 11.3 Å². The van der Waals surface area contributed by atoms with Gasteiger partial charge in [0.25, 0.3) is 5.56 Å². The number of hydrogen-bond donors (Lipinski definition) is 1. The van der Waals surface area contributed by atoms with Gasteiger partial charge in [0, 0.05) is 11.2 Å². The second-order valence-electron chi connectivity index (χ2n) is 6.18. The smallest absolute Gasteiger partial charge is 0.326 e. The van der Waals surface area contributed by atoms with Crippen LogP contribution in [-0.2, 0) is 4.79 Å². The van der Waals surface area contributed by atoms with Crippen LogP contribution < -0.4 is 5.56 Å². The van der Waals surface area contributed by atoms with Crippen molar-refractivity contribution in [2.75, 3.05) is 0 Å². The van der Waals surface area contributed by atoms with Crippen LogP contribution in [0.4, 0.5) is 0 Å². The number of benzene rings is 1. The number of hydrogen-bond acceptors (Lipinski definition) is 5. The van der Waals surface area contributed by atoms with Crippen LogP contribution in [0.1, 0.15) is 18.7 Å². The first kappa shape index (κ1) is 17.2. The fourth-order valence-electron chi connectivity index (χ4n) is 3.05. The predicted octanol–water partition coefficient (Wildman–Crippen LogP) is 2.71. The Balaban J connectivity index is 1.99. The van der Waals surface area contributed by atoms with Crippen LogP contribution >= 0.6 is 11.6 Å². The number of halogens is 1. The highest BCUT2D eigenvalue weighted by Gasteiger charge is 2.20. The molecule has 1 N–H and O–H groups in total. The van der Waals surface area contributed by atoms with Crippen molar-refractivity contribution in [3.8, 4) is 11.1 Å². The second-order valence-corrected chi connectivity index (χ2v) is 6.62. The SMILES string of the molecule is Cc1nn2c(nnc3c(=O)n([C@H](C)C(=O)O)ccc32)c1-c1ccc(Cl)cc1. The summed E-state index contributed by atoms with van der Waals surface area (Å²) in [5, 5.41) is 22.6. The summed E-state index contributed by atoms with van der Waals surface area (Å²) >= 11 is 5.96. The van der Waals surface area contributed by atoms with Gasteiger partial charge in [-0.2, -0.15) is 5.10 Å². The van der Waals surface area contributed by atoms with E-state index in [1.54, 1.807) is 22.7 Å². The van der Waals surface area contributed by atoms with Crippen LogP contribution in [0.3, 0.4) is 0 Å². The lowest BCUT2D eigenvalue weighted by atomic mass is 10.1. The van der Waals surface area contributed by atoms with Gasteiger partial charge >= 0.3 is 5.97 Å². The van der Waals surface area contributed by atoms with Crippen molar-refractivity contribution in [3.05, 3.63) is 57.6 Å². The lowest BCUT2D eigenvalue weighted by Crippen LogP contribution is -2.28. The van der Waals surface area contributed by atoms with Crippen molar-refractivity contribution in [2.24, 2.45) is 0 Å². The molecule has 4 rings (SSSR count). The van der Waals surface area contributed by atoms with E-state index in [4.69, 9.17) is 16.7 Å². The Bertz CT molecular complexity index is 1260. The van der Waals surface area contributed by atoms with E-state index in [9.17, 15) is 9.59 Å². The lowest BCUT2D eigenvalue weighted by molar-refractivity contribution is -0.140. The number of fused-ring (bicyclic) bond motifs is 3. The maximum atomic E-state index is 12.7. The van der Waals surface area contributed by atoms with E-state index in [-0.39, 0.29) is 5.52 Å². The highest BCUT2D eigenvalue weighted by molar-refractivity contribution is 6.30. The third-order valence-corrected chi connectivity index (χ3v) is 4.74. The minimum absolute atomic E-state index is 0.0586. The van der Waals surface area contributed by atoms with Crippen LogP contribution in [0, 0.1) is 6.92 Å². The van der Waals surface area contributed by atoms with Gasteiger partial charge in [-0.05, 0) is 37.6 Å². The molecule has 4 aromatic rings. The summed E-state index contributed by atoms with van der Waals surface area (Å²) in [6.07, 6.45) is 1.43. The Morgan fingerprint density at radius 3 is 2.56 bits per heavy atom. The number of aromatic nitrogens is 5. The zero-order chi connectivity index (χ0) is 19.3. The molecule has 1 aromatic carbocycles. The van der Waals surface area contributed by atoms with Gasteiger partial charge in [0.1, 0.15) is 11.6 Å². The lowest BCUT2D eigenvalue weighted by Gasteiger charge is -2.11. The molecule has 0 aliphatic rings. The van der Waals surface area contributed by atoms with Gasteiger partial charge in [0.15, 0.2) is 11.2 Å². The number of carboxylic acid groups (broad SMARTS) is 1. The van der Waals surface area contributed by atoms with E-state index in [1.165, 1.54) is 13.1 Å². The Hall–Kier alpha value is -3.26. The van der Waals surface area contributed by atoms with Gasteiger partial charge in [-0.25, -0.2) is 9.31 Å². The highest BCUT2D eigenvalue weighted by Crippen LogP contribution is 2.29. The maximum absolute atomic E-state index is 12.7. The van der Waals surface area contributed by atoms with Crippen molar-refractivity contribution in [1.29, 1.82) is 0 Å². The minimum atomic E-state index is -1.11. The average molecular weight is 384 g/mol. The van der Waals surface area contributed by atoms with Gasteiger partial charge in [-0.3, -0.25) is 9.36 Å². The summed E-state index contributed by atoms with van der Waals surface area (Å²) in [4.78, 5) is 23.9. The quantitative estimate of drug-likeness (QED) is 0.583. The van der Waals surface area contributed by atoms with Crippen molar-refractivity contribution in [1.82, 2.24) is 24.4 Å². The molecule has 0 radical (unpaired) electrons. The number of aryl methyl sites for hydroxylation is 1. The molecule has 0 aliphatic heterocycles. The summed E-state index contributed by atoms with van der Waals surface area (Å²) in [6.45, 7) is 3.27. The van der Waals surface area contributed by atoms with E-state index >= 15 is 0 Å². The zero-order valence-corrected chi connectivity index (χ0v) is 15.2. The summed E-state index contributed by atoms with van der Waals surface area (Å²) in [6, 6.07) is 7.90. The van der Waals surface area contributed by atoms with E-state index in [2.05, 4.69) is 15.3 Å². The number of carbonyl (C=O) groups is 1. The maximum Gasteiger partial charge on any atom is 0.326 e. The molecule has 0 aliphatic carbocycles. The molecule has 0 amide bonds. The van der Waals surface area contributed by atoms with Crippen LogP contribution in [0.5, 0.6) is 0 Å². The summed E-state index contributed by atoms with van der Waals surface area (Å²) in [5.74, 6) is -1.11. The molecule has 0 unspecified atom stereocenters. The van der Waals surface area contributed by atoms with Crippen molar-refractivity contribution in [3.63, 3.8) is 0 Å². The second kappa shape index (κ2) is 6.17. The van der Waals surface area contributed by atoms with Crippen LogP contribution in [0.2, 0.25) is 5.02 Å². The predicted molar refractivity (Wildman–Crippen MR) is 100 cm³/mol. The molecular weight excluding hydrogens is 370 g/mol. The van der Waals surface area contributed by atoms with E-state index in [1.807, 2.05) is 19.1 Å². The van der Waals surface area contributed by atoms with Gasteiger partial charge in [-0.15, -0.1) is 10.2 Å². The number of carboxylic acids is 1. The van der Waals surface area contributed by atoms with Crippen molar-refractivity contribution < 1.29 is 9.90 Å². The van der Waals surface area contributed by atoms with E-state index < -0.39 is 17.6 Å². The Morgan fingerprint density at radius 1 is 1.19 bits per heavy atom. The molecule has 0 fully saturated rings. The first-order chi connectivity index (χ1) is 12.9. The van der Waals surface area contributed by atoms with Gasteiger partial charge in [-0.1, -0.05) is 23.7 Å². The molecule has 3 aromatic heterocycles. The molecule has 0 saturated carbocycles. The number of nitrogens with zero attached hydrogens (tertiary/aromatic N) is 5. The summed E-state index contributed by atoms with van der Waals surface area (Å²) < 4.78 is 2.67. The third-order valence-electron chi connectivity index (χ3n) is 4.49. The largest absolute Gasteiger partial charge is 0.480 e. The molecule has 9 heteroatoms. The molecule has 3 heterocycles. The standard InChI is InChI=1S/C18H14ClN5O3/c1-9-14(11-3-5-12(19)6-4-11)16-21-20-15-13(24(16)22-9)7-8-23(17(15)25)10(2)18(26)27/h3-8,10H,1-2H3,(H,26,27)/t10-/m1/s1. The van der Waals surface area contributed by atoms with E-state index in [0.717, 1.165) is 21.4 Å². The van der Waals surface area contributed by atoms with Crippen LogP contribution in [0.15, 0.2) is 41.3 Å². The number of aliphatic carboxylic acids is 1. The number of pyridine rings is 1. The Labute approximate surface area is 157 Å². The monoisotopic (exact) mass is 383 g/mol. The number of rotatable bonds is 3. The molecule has 1 atom stereocenters. The normalized spacial score (nSPS) is 12.6. The zero-order valence-electron chi connectivity index (χ0n) is 14.4. The summed E-state index contributed by atoms with van der Waals surface area (Å²) in [5.41, 5.74) is 2.90. The molecule has 0 saturated heterocycles. The fraction of sp³-hybridized carbons (Fsp3) is 0.167. The Kier molecular flexibility index (Phi) is 3.92. The molecular formula is C18H14ClN5O3. The molecule has 0 bridgehead atoms.